The maximum atomic E-state index is 6.27. The maximum Gasteiger partial charge on any atom is 0.0498 e. The Bertz CT molecular complexity index is 293. The van der Waals surface area contributed by atoms with E-state index in [0.717, 1.165) is 18.5 Å². The summed E-state index contributed by atoms with van der Waals surface area (Å²) < 4.78 is 0. The van der Waals surface area contributed by atoms with Gasteiger partial charge in [-0.25, -0.2) is 0 Å². The molecule has 2 N–H and O–H groups in total. The predicted octanol–water partition coefficient (Wildman–Crippen LogP) is 1.67. The standard InChI is InChI=1S/C15H29N3/c1-2-13-6-9-18(11-13)15(12-16)7-10-17-8-4-3-5-14(15)17/h13-14H,2-12,16H2,1H3. The number of likely N-dealkylation sites (tertiary alicyclic amines) is 1. The molecule has 3 fully saturated rings. The highest BCUT2D eigenvalue weighted by Crippen LogP contribution is 2.41. The molecule has 3 heterocycles. The Hall–Kier alpha value is -0.120. The highest BCUT2D eigenvalue weighted by molar-refractivity contribution is 5.09. The van der Waals surface area contributed by atoms with Gasteiger partial charge in [0.25, 0.3) is 0 Å². The minimum atomic E-state index is 0.324. The molecule has 0 bridgehead atoms. The van der Waals surface area contributed by atoms with Gasteiger partial charge in [0.2, 0.25) is 0 Å². The summed E-state index contributed by atoms with van der Waals surface area (Å²) in [6, 6.07) is 0.756. The van der Waals surface area contributed by atoms with Crippen LogP contribution in [0.4, 0.5) is 0 Å². The van der Waals surface area contributed by atoms with Crippen molar-refractivity contribution in [1.82, 2.24) is 9.80 Å². The lowest BCUT2D eigenvalue weighted by Crippen LogP contribution is -2.61. The fourth-order valence-electron chi connectivity index (χ4n) is 4.68. The minimum Gasteiger partial charge on any atom is -0.329 e. The van der Waals surface area contributed by atoms with Gasteiger partial charge in [-0.2, -0.15) is 0 Å². The van der Waals surface area contributed by atoms with E-state index in [9.17, 15) is 0 Å². The highest BCUT2D eigenvalue weighted by Gasteiger charge is 2.51. The van der Waals surface area contributed by atoms with Gasteiger partial charge in [-0.1, -0.05) is 19.8 Å². The predicted molar refractivity (Wildman–Crippen MR) is 75.6 cm³/mol. The molecule has 3 aliphatic rings. The van der Waals surface area contributed by atoms with E-state index in [1.807, 2.05) is 0 Å². The first-order valence-corrected chi connectivity index (χ1v) is 7.99. The van der Waals surface area contributed by atoms with Crippen LogP contribution in [-0.2, 0) is 0 Å². The van der Waals surface area contributed by atoms with Crippen molar-refractivity contribution in [1.29, 1.82) is 0 Å². The molecule has 0 saturated carbocycles. The average Bonchev–Trinajstić information content (AvgIpc) is 3.03. The summed E-state index contributed by atoms with van der Waals surface area (Å²) in [6.07, 6.45) is 8.23. The number of piperidine rings is 1. The quantitative estimate of drug-likeness (QED) is 0.828. The molecule has 0 aliphatic carbocycles. The van der Waals surface area contributed by atoms with E-state index < -0.39 is 0 Å². The normalized spacial score (nSPS) is 42.3. The van der Waals surface area contributed by atoms with Crippen molar-refractivity contribution < 1.29 is 0 Å². The lowest BCUT2D eigenvalue weighted by atomic mass is 9.84. The molecule has 18 heavy (non-hydrogen) atoms. The molecule has 3 aliphatic heterocycles. The van der Waals surface area contributed by atoms with Gasteiger partial charge < -0.3 is 5.73 Å². The van der Waals surface area contributed by atoms with Crippen LogP contribution >= 0.6 is 0 Å². The van der Waals surface area contributed by atoms with Crippen molar-refractivity contribution in [2.45, 2.75) is 57.0 Å². The third-order valence-electron chi connectivity index (χ3n) is 5.91. The maximum absolute atomic E-state index is 6.27. The molecule has 0 amide bonds. The van der Waals surface area contributed by atoms with Crippen LogP contribution in [-0.4, -0.2) is 54.1 Å². The van der Waals surface area contributed by atoms with Crippen molar-refractivity contribution in [3.05, 3.63) is 0 Å². The van der Waals surface area contributed by atoms with Crippen LogP contribution in [0.25, 0.3) is 0 Å². The second-order valence-electron chi connectivity index (χ2n) is 6.61. The van der Waals surface area contributed by atoms with Crippen LogP contribution in [0.15, 0.2) is 0 Å². The third-order valence-corrected chi connectivity index (χ3v) is 5.91. The second kappa shape index (κ2) is 5.10. The van der Waals surface area contributed by atoms with Crippen LogP contribution in [0.5, 0.6) is 0 Å². The number of hydrogen-bond donors (Lipinski definition) is 1. The molecule has 3 saturated heterocycles. The Kier molecular flexibility index (Phi) is 3.65. The van der Waals surface area contributed by atoms with Crippen molar-refractivity contribution in [2.75, 3.05) is 32.7 Å². The first kappa shape index (κ1) is 12.9. The Morgan fingerprint density at radius 1 is 1.17 bits per heavy atom. The Labute approximate surface area is 112 Å². The van der Waals surface area contributed by atoms with Gasteiger partial charge in [-0.15, -0.1) is 0 Å². The molecule has 0 radical (unpaired) electrons. The number of fused-ring (bicyclic) bond motifs is 1. The first-order chi connectivity index (χ1) is 8.80. The lowest BCUT2D eigenvalue weighted by Gasteiger charge is -2.46. The van der Waals surface area contributed by atoms with Gasteiger partial charge >= 0.3 is 0 Å². The largest absolute Gasteiger partial charge is 0.329 e. The molecule has 0 aromatic rings. The Morgan fingerprint density at radius 2 is 2.06 bits per heavy atom. The molecule has 0 spiro atoms. The van der Waals surface area contributed by atoms with Crippen LogP contribution in [0.3, 0.4) is 0 Å². The van der Waals surface area contributed by atoms with Crippen LogP contribution in [0.2, 0.25) is 0 Å². The Balaban J connectivity index is 1.77. The van der Waals surface area contributed by atoms with Gasteiger partial charge in [0.1, 0.15) is 0 Å². The highest BCUT2D eigenvalue weighted by atomic mass is 15.3. The van der Waals surface area contributed by atoms with E-state index in [-0.39, 0.29) is 0 Å². The van der Waals surface area contributed by atoms with Gasteiger partial charge in [0, 0.05) is 31.2 Å². The molecule has 3 rings (SSSR count). The van der Waals surface area contributed by atoms with E-state index in [4.69, 9.17) is 5.73 Å². The van der Waals surface area contributed by atoms with E-state index in [1.165, 1.54) is 64.7 Å². The van der Waals surface area contributed by atoms with Crippen molar-refractivity contribution in [3.8, 4) is 0 Å². The van der Waals surface area contributed by atoms with E-state index in [0.29, 0.717) is 5.54 Å². The fraction of sp³-hybridized carbons (Fsp3) is 1.00. The molecular formula is C15H29N3. The Morgan fingerprint density at radius 3 is 2.78 bits per heavy atom. The summed E-state index contributed by atoms with van der Waals surface area (Å²) in [6.45, 7) is 8.40. The minimum absolute atomic E-state index is 0.324. The molecule has 3 nitrogen and oxygen atoms in total. The third kappa shape index (κ3) is 1.91. The van der Waals surface area contributed by atoms with Gasteiger partial charge in [-0.3, -0.25) is 9.80 Å². The average molecular weight is 251 g/mol. The van der Waals surface area contributed by atoms with Crippen LogP contribution < -0.4 is 5.73 Å². The summed E-state index contributed by atoms with van der Waals surface area (Å²) >= 11 is 0. The SMILES string of the molecule is CCC1CCN(C2(CN)CCN3CCCCC32)C1. The molecule has 3 heteroatoms. The van der Waals surface area contributed by atoms with Crippen LogP contribution in [0, 0.1) is 5.92 Å². The number of hydrogen-bond acceptors (Lipinski definition) is 3. The summed E-state index contributed by atoms with van der Waals surface area (Å²) in [7, 11) is 0. The van der Waals surface area contributed by atoms with Crippen molar-refractivity contribution in [3.63, 3.8) is 0 Å². The topological polar surface area (TPSA) is 32.5 Å². The van der Waals surface area contributed by atoms with Crippen molar-refractivity contribution >= 4 is 0 Å². The number of nitrogens with two attached hydrogens (primary N) is 1. The number of nitrogens with zero attached hydrogens (tertiary/aromatic N) is 2. The lowest BCUT2D eigenvalue weighted by molar-refractivity contribution is 0.0520. The zero-order valence-corrected chi connectivity index (χ0v) is 11.9. The van der Waals surface area contributed by atoms with Gasteiger partial charge in [0.15, 0.2) is 0 Å². The van der Waals surface area contributed by atoms with Gasteiger partial charge in [-0.05, 0) is 44.7 Å². The van der Waals surface area contributed by atoms with E-state index in [1.54, 1.807) is 0 Å². The van der Waals surface area contributed by atoms with Crippen molar-refractivity contribution in [2.24, 2.45) is 11.7 Å². The molecule has 3 atom stereocenters. The summed E-state index contributed by atoms with van der Waals surface area (Å²) in [5, 5.41) is 0. The zero-order valence-electron chi connectivity index (χ0n) is 11.9. The molecule has 0 aromatic carbocycles. The van der Waals surface area contributed by atoms with E-state index in [2.05, 4.69) is 16.7 Å². The molecular weight excluding hydrogens is 222 g/mol. The number of rotatable bonds is 3. The first-order valence-electron chi connectivity index (χ1n) is 7.99. The van der Waals surface area contributed by atoms with E-state index >= 15 is 0 Å². The molecule has 104 valence electrons. The summed E-state index contributed by atoms with van der Waals surface area (Å²) in [5.74, 6) is 0.922. The molecule has 0 aromatic heterocycles. The summed E-state index contributed by atoms with van der Waals surface area (Å²) in [4.78, 5) is 5.51. The zero-order chi connectivity index (χ0) is 12.6. The van der Waals surface area contributed by atoms with Crippen LogP contribution in [0.1, 0.15) is 45.4 Å². The summed E-state index contributed by atoms with van der Waals surface area (Å²) in [5.41, 5.74) is 6.60. The smallest absolute Gasteiger partial charge is 0.0498 e. The second-order valence-corrected chi connectivity index (χ2v) is 6.61. The fourth-order valence-corrected chi connectivity index (χ4v) is 4.68. The van der Waals surface area contributed by atoms with Gasteiger partial charge in [0.05, 0.1) is 0 Å². The monoisotopic (exact) mass is 251 g/mol. The molecule has 3 unspecified atom stereocenters.